The summed E-state index contributed by atoms with van der Waals surface area (Å²) in [6.45, 7) is 4.98. The Morgan fingerprint density at radius 1 is 1.42 bits per heavy atom. The van der Waals surface area contributed by atoms with E-state index in [1.54, 1.807) is 11.8 Å². The lowest BCUT2D eigenvalue weighted by molar-refractivity contribution is 0.0722. The maximum atomic E-state index is 12.2. The second-order valence-electron chi connectivity index (χ2n) is 4.99. The van der Waals surface area contributed by atoms with Crippen LogP contribution in [-0.2, 0) is 4.74 Å². The van der Waals surface area contributed by atoms with Crippen molar-refractivity contribution in [2.45, 2.75) is 45.6 Å². The van der Waals surface area contributed by atoms with Crippen molar-refractivity contribution in [1.82, 2.24) is 10.2 Å². The lowest BCUT2D eigenvalue weighted by Gasteiger charge is -2.37. The van der Waals surface area contributed by atoms with Crippen molar-refractivity contribution in [3.63, 3.8) is 0 Å². The number of alkyl halides is 2. The van der Waals surface area contributed by atoms with Crippen molar-refractivity contribution in [2.75, 3.05) is 26.2 Å². The molecule has 0 aromatic heterocycles. The molecule has 0 bridgehead atoms. The first-order valence-electron chi connectivity index (χ1n) is 7.00. The monoisotopic (exact) mass is 278 g/mol. The Bertz CT molecular complexity index is 277. The van der Waals surface area contributed by atoms with E-state index in [1.807, 2.05) is 0 Å². The summed E-state index contributed by atoms with van der Waals surface area (Å²) in [7, 11) is 0. The van der Waals surface area contributed by atoms with Crippen LogP contribution >= 0.6 is 0 Å². The molecule has 112 valence electrons. The number of amides is 1. The molecule has 19 heavy (non-hydrogen) atoms. The van der Waals surface area contributed by atoms with E-state index in [0.29, 0.717) is 25.6 Å². The van der Waals surface area contributed by atoms with Gasteiger partial charge in [-0.2, -0.15) is 0 Å². The van der Waals surface area contributed by atoms with Gasteiger partial charge in [0.15, 0.2) is 0 Å². The molecule has 0 aromatic rings. The molecule has 6 heteroatoms. The number of hydrogen-bond donors (Lipinski definition) is 1. The number of nitrogens with one attached hydrogen (secondary N) is 1. The van der Waals surface area contributed by atoms with Gasteiger partial charge in [-0.15, -0.1) is 0 Å². The second kappa shape index (κ2) is 8.30. The van der Waals surface area contributed by atoms with Gasteiger partial charge in [-0.3, -0.25) is 0 Å². The van der Waals surface area contributed by atoms with Crippen molar-refractivity contribution in [1.29, 1.82) is 0 Å². The molecule has 1 rings (SSSR count). The first kappa shape index (κ1) is 16.1. The number of hydrogen-bond acceptors (Lipinski definition) is 3. The molecule has 0 radical (unpaired) electrons. The Balaban J connectivity index is 2.54. The average Bonchev–Trinajstić information content (AvgIpc) is 2.37. The van der Waals surface area contributed by atoms with E-state index in [1.165, 1.54) is 0 Å². The maximum absolute atomic E-state index is 12.2. The summed E-state index contributed by atoms with van der Waals surface area (Å²) in [6.07, 6.45) is 0.178. The molecular formula is C13H24F2N2O2. The van der Waals surface area contributed by atoms with Crippen LogP contribution in [0.4, 0.5) is 13.6 Å². The highest BCUT2D eigenvalue weighted by Crippen LogP contribution is 2.22. The quantitative estimate of drug-likeness (QED) is 0.811. The topological polar surface area (TPSA) is 41.6 Å². The van der Waals surface area contributed by atoms with Crippen molar-refractivity contribution >= 4 is 6.09 Å². The van der Waals surface area contributed by atoms with Crippen LogP contribution in [0.15, 0.2) is 0 Å². The molecule has 0 aliphatic carbocycles. The van der Waals surface area contributed by atoms with Gasteiger partial charge in [0.25, 0.3) is 6.43 Å². The minimum Gasteiger partial charge on any atom is -0.450 e. The van der Waals surface area contributed by atoms with Crippen LogP contribution in [0.2, 0.25) is 0 Å². The zero-order chi connectivity index (χ0) is 14.3. The number of halogens is 2. The third kappa shape index (κ3) is 5.72. The molecule has 1 aliphatic heterocycles. The second-order valence-corrected chi connectivity index (χ2v) is 4.99. The van der Waals surface area contributed by atoms with Gasteiger partial charge in [0.2, 0.25) is 0 Å². The molecule has 0 saturated carbocycles. The van der Waals surface area contributed by atoms with E-state index in [4.69, 9.17) is 4.74 Å². The third-order valence-electron chi connectivity index (χ3n) is 3.32. The fourth-order valence-electron chi connectivity index (χ4n) is 2.59. The zero-order valence-electron chi connectivity index (χ0n) is 11.7. The van der Waals surface area contributed by atoms with Crippen molar-refractivity contribution in [2.24, 2.45) is 5.92 Å². The zero-order valence-corrected chi connectivity index (χ0v) is 11.7. The summed E-state index contributed by atoms with van der Waals surface area (Å²) in [5.74, 6) is 0.360. The van der Waals surface area contributed by atoms with Gasteiger partial charge in [0.05, 0.1) is 13.2 Å². The summed E-state index contributed by atoms with van der Waals surface area (Å²) in [4.78, 5) is 13.4. The Morgan fingerprint density at radius 2 is 2.16 bits per heavy atom. The Hall–Kier alpha value is -0.910. The molecule has 0 spiro atoms. The number of ether oxygens (including phenoxy) is 1. The highest BCUT2D eigenvalue weighted by Gasteiger charge is 2.30. The van der Waals surface area contributed by atoms with Crippen LogP contribution in [0.5, 0.6) is 0 Å². The SMILES string of the molecule is CCCC1CC(NCC(F)F)CN(C(=O)OCC)C1. The smallest absolute Gasteiger partial charge is 0.409 e. The first-order valence-corrected chi connectivity index (χ1v) is 7.00. The number of carbonyl (C=O) groups excluding carboxylic acids is 1. The number of rotatable bonds is 6. The lowest BCUT2D eigenvalue weighted by Crippen LogP contribution is -2.52. The minimum absolute atomic E-state index is 0.0660. The Morgan fingerprint density at radius 3 is 2.74 bits per heavy atom. The largest absolute Gasteiger partial charge is 0.450 e. The van der Waals surface area contributed by atoms with Crippen LogP contribution in [0, 0.1) is 5.92 Å². The summed E-state index contributed by atoms with van der Waals surface area (Å²) >= 11 is 0. The third-order valence-corrected chi connectivity index (χ3v) is 3.32. The highest BCUT2D eigenvalue weighted by molar-refractivity contribution is 5.67. The lowest BCUT2D eigenvalue weighted by atomic mass is 9.91. The maximum Gasteiger partial charge on any atom is 0.409 e. The van der Waals surface area contributed by atoms with E-state index in [9.17, 15) is 13.6 Å². The molecule has 1 saturated heterocycles. The highest BCUT2D eigenvalue weighted by atomic mass is 19.3. The molecule has 1 fully saturated rings. The molecule has 2 unspecified atom stereocenters. The Labute approximate surface area is 113 Å². The van der Waals surface area contributed by atoms with E-state index in [-0.39, 0.29) is 18.7 Å². The van der Waals surface area contributed by atoms with Crippen LogP contribution in [0.1, 0.15) is 33.1 Å². The summed E-state index contributed by atoms with van der Waals surface area (Å²) in [5.41, 5.74) is 0. The summed E-state index contributed by atoms with van der Waals surface area (Å²) in [5, 5.41) is 2.84. The van der Waals surface area contributed by atoms with Crippen molar-refractivity contribution in [3.05, 3.63) is 0 Å². The van der Waals surface area contributed by atoms with E-state index >= 15 is 0 Å². The fourth-order valence-corrected chi connectivity index (χ4v) is 2.59. The normalized spacial score (nSPS) is 23.7. The van der Waals surface area contributed by atoms with Gasteiger partial charge in [-0.1, -0.05) is 13.3 Å². The van der Waals surface area contributed by atoms with Crippen LogP contribution in [0.25, 0.3) is 0 Å². The molecule has 4 nitrogen and oxygen atoms in total. The van der Waals surface area contributed by atoms with Gasteiger partial charge in [-0.25, -0.2) is 13.6 Å². The average molecular weight is 278 g/mol. The van der Waals surface area contributed by atoms with Gasteiger partial charge in [-0.05, 0) is 25.7 Å². The first-order chi connectivity index (χ1) is 9.06. The molecule has 1 heterocycles. The molecule has 1 N–H and O–H groups in total. The number of nitrogens with zero attached hydrogens (tertiary/aromatic N) is 1. The van der Waals surface area contributed by atoms with Crippen molar-refractivity contribution < 1.29 is 18.3 Å². The van der Waals surface area contributed by atoms with Gasteiger partial charge in [0.1, 0.15) is 0 Å². The van der Waals surface area contributed by atoms with Gasteiger partial charge >= 0.3 is 6.09 Å². The van der Waals surface area contributed by atoms with E-state index in [2.05, 4.69) is 12.2 Å². The summed E-state index contributed by atoms with van der Waals surface area (Å²) < 4.78 is 29.5. The fraction of sp³-hybridized carbons (Fsp3) is 0.923. The standard InChI is InChI=1S/C13H24F2N2O2/c1-3-5-10-6-11(16-7-12(14)15)9-17(8-10)13(18)19-4-2/h10-12,16H,3-9H2,1-2H3. The molecular weight excluding hydrogens is 254 g/mol. The van der Waals surface area contributed by atoms with Gasteiger partial charge < -0.3 is 15.0 Å². The molecule has 1 amide bonds. The number of piperidine rings is 1. The minimum atomic E-state index is -2.36. The van der Waals surface area contributed by atoms with Crippen LogP contribution < -0.4 is 5.32 Å². The molecule has 1 aliphatic rings. The molecule has 2 atom stereocenters. The van der Waals surface area contributed by atoms with Gasteiger partial charge in [0, 0.05) is 19.1 Å². The van der Waals surface area contributed by atoms with E-state index in [0.717, 1.165) is 19.3 Å². The molecule has 0 aromatic carbocycles. The predicted molar refractivity (Wildman–Crippen MR) is 69.4 cm³/mol. The van der Waals surface area contributed by atoms with E-state index < -0.39 is 6.43 Å². The van der Waals surface area contributed by atoms with Crippen LogP contribution in [0.3, 0.4) is 0 Å². The predicted octanol–water partition coefficient (Wildman–Crippen LogP) is 2.49. The van der Waals surface area contributed by atoms with Crippen LogP contribution in [-0.4, -0.2) is 49.7 Å². The summed E-state index contributed by atoms with van der Waals surface area (Å²) in [6, 6.07) is -0.0660. The number of likely N-dealkylation sites (tertiary alicyclic amines) is 1. The Kier molecular flexibility index (Phi) is 7.05. The van der Waals surface area contributed by atoms with Crippen molar-refractivity contribution in [3.8, 4) is 0 Å². The number of carbonyl (C=O) groups is 1.